The molecule has 0 spiro atoms. The van der Waals surface area contributed by atoms with Gasteiger partial charge in [-0.2, -0.15) is 0 Å². The summed E-state index contributed by atoms with van der Waals surface area (Å²) in [5.74, 6) is -0.881. The van der Waals surface area contributed by atoms with Crippen molar-refractivity contribution in [3.05, 3.63) is 70.6 Å². The van der Waals surface area contributed by atoms with Gasteiger partial charge in [0.25, 0.3) is 0 Å². The van der Waals surface area contributed by atoms with Gasteiger partial charge in [-0.3, -0.25) is 0 Å². The first-order valence-corrected chi connectivity index (χ1v) is 9.66. The molecule has 0 aliphatic heterocycles. The molecular weight excluding hydrogens is 334 g/mol. The Labute approximate surface area is 151 Å². The predicted molar refractivity (Wildman–Crippen MR) is 101 cm³/mol. The van der Waals surface area contributed by atoms with Gasteiger partial charge in [0, 0.05) is 20.9 Å². The van der Waals surface area contributed by atoms with E-state index in [0.29, 0.717) is 22.6 Å². The lowest BCUT2D eigenvalue weighted by molar-refractivity contribution is 0.514. The first kappa shape index (κ1) is 16.5. The van der Waals surface area contributed by atoms with Crippen LogP contribution in [0.15, 0.2) is 48.5 Å². The molecule has 25 heavy (non-hydrogen) atoms. The first-order chi connectivity index (χ1) is 12.2. The maximum atomic E-state index is 14.7. The maximum absolute atomic E-state index is 14.7. The Bertz CT molecular complexity index is 889. The second-order valence-corrected chi connectivity index (χ2v) is 7.83. The van der Waals surface area contributed by atoms with Crippen LogP contribution in [-0.4, -0.2) is 0 Å². The Kier molecular flexibility index (Phi) is 4.43. The van der Waals surface area contributed by atoms with E-state index in [9.17, 15) is 8.78 Å². The third-order valence-corrected chi connectivity index (χ3v) is 6.04. The van der Waals surface area contributed by atoms with Gasteiger partial charge in [0.05, 0.1) is 0 Å². The zero-order chi connectivity index (χ0) is 17.4. The Hall–Kier alpha value is -2.00. The summed E-state index contributed by atoms with van der Waals surface area (Å²) in [4.78, 5) is 2.09. The van der Waals surface area contributed by atoms with Crippen molar-refractivity contribution in [1.29, 1.82) is 0 Å². The van der Waals surface area contributed by atoms with Crippen LogP contribution >= 0.6 is 11.3 Å². The molecule has 0 nitrogen and oxygen atoms in total. The highest BCUT2D eigenvalue weighted by atomic mass is 32.1. The number of thiophene rings is 1. The molecule has 3 aromatic rings. The lowest BCUT2D eigenvalue weighted by Crippen LogP contribution is -1.93. The Morgan fingerprint density at radius 3 is 2.24 bits per heavy atom. The van der Waals surface area contributed by atoms with Gasteiger partial charge in [0.15, 0.2) is 11.6 Å². The second-order valence-electron chi connectivity index (χ2n) is 6.71. The minimum atomic E-state index is -0.762. The maximum Gasteiger partial charge on any atom is 0.168 e. The van der Waals surface area contributed by atoms with Crippen molar-refractivity contribution in [2.75, 3.05) is 0 Å². The van der Waals surface area contributed by atoms with Crippen LogP contribution in [0.25, 0.3) is 21.6 Å². The molecule has 2 aromatic carbocycles. The molecular formula is C22H20F2S. The zero-order valence-electron chi connectivity index (χ0n) is 14.2. The summed E-state index contributed by atoms with van der Waals surface area (Å²) >= 11 is 1.58. The summed E-state index contributed by atoms with van der Waals surface area (Å²) in [6.07, 6.45) is 4.49. The van der Waals surface area contributed by atoms with Crippen molar-refractivity contribution >= 4 is 11.3 Å². The normalized spacial score (nSPS) is 14.0. The van der Waals surface area contributed by atoms with Crippen LogP contribution in [0, 0.1) is 11.6 Å². The topological polar surface area (TPSA) is 0 Å². The first-order valence-electron chi connectivity index (χ1n) is 8.84. The molecule has 1 aromatic heterocycles. The Morgan fingerprint density at radius 2 is 1.56 bits per heavy atom. The van der Waals surface area contributed by atoms with Crippen molar-refractivity contribution in [3.63, 3.8) is 0 Å². The molecule has 0 N–H and O–H groups in total. The highest BCUT2D eigenvalue weighted by Crippen LogP contribution is 2.45. The lowest BCUT2D eigenvalue weighted by atomic mass is 10.00. The zero-order valence-corrected chi connectivity index (χ0v) is 15.0. The van der Waals surface area contributed by atoms with Crippen molar-refractivity contribution in [1.82, 2.24) is 0 Å². The summed E-state index contributed by atoms with van der Waals surface area (Å²) in [7, 11) is 0. The van der Waals surface area contributed by atoms with Crippen molar-refractivity contribution in [2.45, 2.75) is 38.5 Å². The summed E-state index contributed by atoms with van der Waals surface area (Å²) in [5, 5.41) is 0. The highest BCUT2D eigenvalue weighted by Gasteiger charge is 2.26. The van der Waals surface area contributed by atoms with Gasteiger partial charge in [-0.05, 0) is 54.5 Å². The number of aryl methyl sites for hydroxylation is 1. The predicted octanol–water partition coefficient (Wildman–Crippen LogP) is 7.19. The number of hydrogen-bond acceptors (Lipinski definition) is 1. The van der Waals surface area contributed by atoms with E-state index in [0.717, 1.165) is 17.7 Å². The Balaban J connectivity index is 1.67. The molecule has 0 saturated heterocycles. The molecule has 4 rings (SSSR count). The largest absolute Gasteiger partial charge is 0.203 e. The van der Waals surface area contributed by atoms with Crippen LogP contribution in [0.5, 0.6) is 0 Å². The quantitative estimate of drug-likeness (QED) is 0.455. The fraction of sp³-hybridized carbons (Fsp3) is 0.273. The molecule has 128 valence electrons. The van der Waals surface area contributed by atoms with E-state index in [1.54, 1.807) is 23.5 Å². The van der Waals surface area contributed by atoms with E-state index >= 15 is 0 Å². The van der Waals surface area contributed by atoms with Crippen LogP contribution in [0.2, 0.25) is 0 Å². The molecule has 3 heteroatoms. The molecule has 0 amide bonds. The van der Waals surface area contributed by atoms with E-state index in [4.69, 9.17) is 0 Å². The molecule has 0 atom stereocenters. The summed E-state index contributed by atoms with van der Waals surface area (Å²) in [5.41, 5.74) is 2.62. The SMILES string of the molecule is CCCc1ccc(-c2ccc(-c3ccc(C4CC4)s3)c(F)c2F)cc1. The number of benzene rings is 2. The minimum Gasteiger partial charge on any atom is -0.203 e. The average Bonchev–Trinajstić information content (AvgIpc) is 3.36. The highest BCUT2D eigenvalue weighted by molar-refractivity contribution is 7.15. The van der Waals surface area contributed by atoms with Gasteiger partial charge in [-0.25, -0.2) is 8.78 Å². The van der Waals surface area contributed by atoms with Crippen molar-refractivity contribution < 1.29 is 8.78 Å². The van der Waals surface area contributed by atoms with Gasteiger partial charge in [-0.15, -0.1) is 11.3 Å². The average molecular weight is 354 g/mol. The van der Waals surface area contributed by atoms with Crippen LogP contribution < -0.4 is 0 Å². The van der Waals surface area contributed by atoms with E-state index in [-0.39, 0.29) is 0 Å². The fourth-order valence-electron chi connectivity index (χ4n) is 3.19. The molecule has 0 radical (unpaired) electrons. The second kappa shape index (κ2) is 6.72. The van der Waals surface area contributed by atoms with Gasteiger partial charge < -0.3 is 0 Å². The van der Waals surface area contributed by atoms with E-state index in [1.807, 2.05) is 30.3 Å². The number of halogens is 2. The van der Waals surface area contributed by atoms with Gasteiger partial charge in [0.1, 0.15) is 0 Å². The van der Waals surface area contributed by atoms with Crippen molar-refractivity contribution in [3.8, 4) is 21.6 Å². The number of hydrogen-bond donors (Lipinski definition) is 0. The van der Waals surface area contributed by atoms with E-state index < -0.39 is 11.6 Å². The molecule has 0 bridgehead atoms. The van der Waals surface area contributed by atoms with Crippen LogP contribution in [0.1, 0.15) is 42.5 Å². The van der Waals surface area contributed by atoms with Crippen LogP contribution in [0.4, 0.5) is 8.78 Å². The molecule has 1 aliphatic rings. The van der Waals surface area contributed by atoms with Crippen molar-refractivity contribution in [2.24, 2.45) is 0 Å². The standard InChI is InChI=1S/C22H20F2S/c1-2-3-14-4-6-15(7-5-14)17-10-11-18(22(24)21(17)23)20-13-12-19(25-20)16-8-9-16/h4-7,10-13,16H,2-3,8-9H2,1H3. The molecule has 1 heterocycles. The summed E-state index contributed by atoms with van der Waals surface area (Å²) in [6, 6.07) is 15.1. The molecule has 1 saturated carbocycles. The van der Waals surface area contributed by atoms with Crippen LogP contribution in [0.3, 0.4) is 0 Å². The van der Waals surface area contributed by atoms with Gasteiger partial charge in [0.2, 0.25) is 0 Å². The molecule has 0 unspecified atom stereocenters. The lowest BCUT2D eigenvalue weighted by Gasteiger charge is -2.09. The molecule has 1 fully saturated rings. The van der Waals surface area contributed by atoms with Crippen LogP contribution in [-0.2, 0) is 6.42 Å². The monoisotopic (exact) mass is 354 g/mol. The van der Waals surface area contributed by atoms with E-state index in [1.165, 1.54) is 23.3 Å². The molecule has 1 aliphatic carbocycles. The van der Waals surface area contributed by atoms with Gasteiger partial charge in [-0.1, -0.05) is 43.7 Å². The third kappa shape index (κ3) is 3.25. The fourth-order valence-corrected chi connectivity index (χ4v) is 4.38. The third-order valence-electron chi connectivity index (χ3n) is 4.76. The minimum absolute atomic E-state index is 0.322. The summed E-state index contributed by atoms with van der Waals surface area (Å²) < 4.78 is 29.4. The van der Waals surface area contributed by atoms with E-state index in [2.05, 4.69) is 13.0 Å². The number of rotatable bonds is 5. The van der Waals surface area contributed by atoms with Gasteiger partial charge >= 0.3 is 0 Å². The summed E-state index contributed by atoms with van der Waals surface area (Å²) in [6.45, 7) is 2.13. The smallest absolute Gasteiger partial charge is 0.168 e. The Morgan fingerprint density at radius 1 is 0.880 bits per heavy atom.